The van der Waals surface area contributed by atoms with Crippen LogP contribution < -0.4 is 5.32 Å². The molecule has 1 aromatic heterocycles. The third-order valence-electron chi connectivity index (χ3n) is 4.51. The number of imide groups is 1. The Balaban J connectivity index is 1.60. The second-order valence-corrected chi connectivity index (χ2v) is 6.77. The molecule has 1 aliphatic heterocycles. The normalized spacial score (nSPS) is 13.6. The topological polar surface area (TPSA) is 92.5 Å². The highest BCUT2D eigenvalue weighted by Gasteiger charge is 2.33. The molecule has 2 heterocycles. The molecule has 7 nitrogen and oxygen atoms in total. The molecule has 1 N–H and O–H groups in total. The monoisotopic (exact) mass is 363 g/mol. The summed E-state index contributed by atoms with van der Waals surface area (Å²) in [6.07, 6.45) is 0. The van der Waals surface area contributed by atoms with E-state index in [1.807, 2.05) is 13.8 Å². The minimum Gasteiger partial charge on any atom is -0.440 e. The Morgan fingerprint density at radius 3 is 2.56 bits per heavy atom. The van der Waals surface area contributed by atoms with Gasteiger partial charge in [0.05, 0.1) is 11.1 Å². The zero-order valence-corrected chi connectivity index (χ0v) is 15.1. The second-order valence-electron chi connectivity index (χ2n) is 6.77. The Morgan fingerprint density at radius 1 is 1.07 bits per heavy atom. The van der Waals surface area contributed by atoms with Crippen molar-refractivity contribution in [1.82, 2.24) is 9.88 Å². The van der Waals surface area contributed by atoms with Crippen LogP contribution in [0.4, 0.5) is 5.69 Å². The van der Waals surface area contributed by atoms with E-state index in [0.717, 1.165) is 4.90 Å². The van der Waals surface area contributed by atoms with Crippen LogP contribution in [0.5, 0.6) is 0 Å². The lowest BCUT2D eigenvalue weighted by molar-refractivity contribution is 0.0693. The zero-order chi connectivity index (χ0) is 19.3. The zero-order valence-electron chi connectivity index (χ0n) is 15.1. The molecule has 27 heavy (non-hydrogen) atoms. The number of oxazole rings is 1. The lowest BCUT2D eigenvalue weighted by Gasteiger charge is -2.06. The molecule has 4 rings (SSSR count). The number of carbonyl (C=O) groups is 3. The van der Waals surface area contributed by atoms with Crippen LogP contribution in [0.3, 0.4) is 0 Å². The van der Waals surface area contributed by atoms with Crippen LogP contribution in [0.1, 0.15) is 56.7 Å². The van der Waals surface area contributed by atoms with Gasteiger partial charge in [0.25, 0.3) is 17.7 Å². The SMILES string of the molecule is CC(C)c1nc2cc(NC(=O)c3ccc4c(c3)C(=O)N(C)C4=O)ccc2o1. The molecular formula is C20H17N3O4. The summed E-state index contributed by atoms with van der Waals surface area (Å²) in [5.41, 5.74) is 2.73. The van der Waals surface area contributed by atoms with Gasteiger partial charge in [0.1, 0.15) is 5.52 Å². The summed E-state index contributed by atoms with van der Waals surface area (Å²) in [5.74, 6) is -0.339. The molecule has 0 spiro atoms. The van der Waals surface area contributed by atoms with Crippen molar-refractivity contribution in [3.05, 3.63) is 59.0 Å². The maximum atomic E-state index is 12.6. The minimum absolute atomic E-state index is 0.167. The van der Waals surface area contributed by atoms with Gasteiger partial charge in [-0.3, -0.25) is 19.3 Å². The van der Waals surface area contributed by atoms with E-state index in [1.165, 1.54) is 25.2 Å². The third-order valence-corrected chi connectivity index (χ3v) is 4.51. The Kier molecular flexibility index (Phi) is 3.80. The molecule has 0 atom stereocenters. The van der Waals surface area contributed by atoms with Gasteiger partial charge in [-0.2, -0.15) is 0 Å². The average Bonchev–Trinajstić information content (AvgIpc) is 3.17. The summed E-state index contributed by atoms with van der Waals surface area (Å²) >= 11 is 0. The fraction of sp³-hybridized carbons (Fsp3) is 0.200. The maximum absolute atomic E-state index is 12.6. The molecule has 0 radical (unpaired) electrons. The predicted molar refractivity (Wildman–Crippen MR) is 98.9 cm³/mol. The van der Waals surface area contributed by atoms with Gasteiger partial charge in [-0.15, -0.1) is 0 Å². The molecule has 2 aromatic carbocycles. The van der Waals surface area contributed by atoms with Gasteiger partial charge in [-0.05, 0) is 36.4 Å². The lowest BCUT2D eigenvalue weighted by atomic mass is 10.1. The predicted octanol–water partition coefficient (Wildman–Crippen LogP) is 3.43. The molecule has 0 aliphatic carbocycles. The number of hydrogen-bond acceptors (Lipinski definition) is 5. The highest BCUT2D eigenvalue weighted by Crippen LogP contribution is 2.25. The van der Waals surface area contributed by atoms with Crippen LogP contribution in [0.15, 0.2) is 40.8 Å². The van der Waals surface area contributed by atoms with E-state index in [4.69, 9.17) is 4.42 Å². The molecule has 3 amide bonds. The molecule has 0 saturated carbocycles. The first-order valence-electron chi connectivity index (χ1n) is 8.53. The molecule has 0 bridgehead atoms. The number of nitrogens with zero attached hydrogens (tertiary/aromatic N) is 2. The molecule has 0 saturated heterocycles. The van der Waals surface area contributed by atoms with Gasteiger partial charge in [0.2, 0.25) is 0 Å². The van der Waals surface area contributed by atoms with Crippen LogP contribution in [-0.2, 0) is 0 Å². The van der Waals surface area contributed by atoms with E-state index in [0.29, 0.717) is 33.8 Å². The van der Waals surface area contributed by atoms with Gasteiger partial charge in [0.15, 0.2) is 11.5 Å². The van der Waals surface area contributed by atoms with Crippen LogP contribution >= 0.6 is 0 Å². The Morgan fingerprint density at radius 2 is 1.81 bits per heavy atom. The average molecular weight is 363 g/mol. The van der Waals surface area contributed by atoms with Crippen molar-refractivity contribution in [3.63, 3.8) is 0 Å². The summed E-state index contributed by atoms with van der Waals surface area (Å²) < 4.78 is 5.66. The van der Waals surface area contributed by atoms with E-state index in [2.05, 4.69) is 10.3 Å². The number of hydrogen-bond donors (Lipinski definition) is 1. The standard InChI is InChI=1S/C20H17N3O4/c1-10(2)18-22-15-9-12(5-7-16(15)27-18)21-17(24)11-4-6-13-14(8-11)20(26)23(3)19(13)25/h4-10H,1-3H3,(H,21,24). The van der Waals surface area contributed by atoms with Crippen molar-refractivity contribution < 1.29 is 18.8 Å². The van der Waals surface area contributed by atoms with Gasteiger partial charge in [-0.25, -0.2) is 4.98 Å². The Bertz CT molecular complexity index is 1110. The highest BCUT2D eigenvalue weighted by molar-refractivity contribution is 6.22. The number of fused-ring (bicyclic) bond motifs is 2. The third kappa shape index (κ3) is 2.77. The van der Waals surface area contributed by atoms with Crippen molar-refractivity contribution in [2.75, 3.05) is 12.4 Å². The summed E-state index contributed by atoms with van der Waals surface area (Å²) in [6.45, 7) is 3.98. The number of amides is 3. The van der Waals surface area contributed by atoms with Crippen LogP contribution in [0.25, 0.3) is 11.1 Å². The minimum atomic E-state index is -0.408. The number of benzene rings is 2. The Hall–Kier alpha value is -3.48. The number of nitrogens with one attached hydrogen (secondary N) is 1. The van der Waals surface area contributed by atoms with Crippen molar-refractivity contribution in [3.8, 4) is 0 Å². The van der Waals surface area contributed by atoms with Gasteiger partial charge in [0, 0.05) is 24.2 Å². The first-order valence-corrected chi connectivity index (χ1v) is 8.53. The fourth-order valence-corrected chi connectivity index (χ4v) is 2.98. The van der Waals surface area contributed by atoms with Gasteiger partial charge >= 0.3 is 0 Å². The summed E-state index contributed by atoms with van der Waals surface area (Å²) in [7, 11) is 1.42. The van der Waals surface area contributed by atoms with E-state index in [1.54, 1.807) is 18.2 Å². The van der Waals surface area contributed by atoms with E-state index < -0.39 is 5.91 Å². The molecule has 1 aliphatic rings. The first-order chi connectivity index (χ1) is 12.8. The van der Waals surface area contributed by atoms with Crippen molar-refractivity contribution in [2.45, 2.75) is 19.8 Å². The number of carbonyl (C=O) groups excluding carboxylic acids is 3. The number of rotatable bonds is 3. The number of anilines is 1. The summed E-state index contributed by atoms with van der Waals surface area (Å²) in [6, 6.07) is 9.70. The van der Waals surface area contributed by atoms with Gasteiger partial charge < -0.3 is 9.73 Å². The second kappa shape index (κ2) is 6.05. The quantitative estimate of drug-likeness (QED) is 0.720. The Labute approximate surface area is 155 Å². The summed E-state index contributed by atoms with van der Waals surface area (Å²) in [5, 5.41) is 2.79. The van der Waals surface area contributed by atoms with Crippen molar-refractivity contribution >= 4 is 34.5 Å². The molecular weight excluding hydrogens is 346 g/mol. The highest BCUT2D eigenvalue weighted by atomic mass is 16.3. The lowest BCUT2D eigenvalue weighted by Crippen LogP contribution is -2.24. The van der Waals surface area contributed by atoms with Crippen molar-refractivity contribution in [2.24, 2.45) is 0 Å². The van der Waals surface area contributed by atoms with Crippen LogP contribution in [-0.4, -0.2) is 34.7 Å². The van der Waals surface area contributed by atoms with E-state index >= 15 is 0 Å². The van der Waals surface area contributed by atoms with Crippen molar-refractivity contribution in [1.29, 1.82) is 0 Å². The van der Waals surface area contributed by atoms with Crippen LogP contribution in [0, 0.1) is 0 Å². The largest absolute Gasteiger partial charge is 0.440 e. The molecule has 0 unspecified atom stereocenters. The maximum Gasteiger partial charge on any atom is 0.261 e. The molecule has 3 aromatic rings. The number of aromatic nitrogens is 1. The smallest absolute Gasteiger partial charge is 0.261 e. The van der Waals surface area contributed by atoms with E-state index in [-0.39, 0.29) is 23.3 Å². The molecule has 0 fully saturated rings. The first kappa shape index (κ1) is 17.0. The van der Waals surface area contributed by atoms with Crippen LogP contribution in [0.2, 0.25) is 0 Å². The summed E-state index contributed by atoms with van der Waals surface area (Å²) in [4.78, 5) is 42.1. The fourth-order valence-electron chi connectivity index (χ4n) is 2.98. The van der Waals surface area contributed by atoms with E-state index in [9.17, 15) is 14.4 Å². The molecule has 136 valence electrons. The van der Waals surface area contributed by atoms with Gasteiger partial charge in [-0.1, -0.05) is 13.8 Å². The molecule has 7 heteroatoms.